The summed E-state index contributed by atoms with van der Waals surface area (Å²) < 4.78 is 0. The maximum atomic E-state index is 6.25. The highest BCUT2D eigenvalue weighted by Gasteiger charge is 2.14. The normalized spacial score (nSPS) is 32.0. The van der Waals surface area contributed by atoms with Crippen LogP contribution in [-0.4, -0.2) is 20.1 Å². The topological polar surface area (TPSA) is 28.2 Å². The minimum absolute atomic E-state index is 0.976. The molecule has 2 atom stereocenters. The first kappa shape index (κ1) is 9.45. The van der Waals surface area contributed by atoms with Gasteiger partial charge in [0.05, 0.1) is 20.1 Å². The van der Waals surface area contributed by atoms with Crippen LogP contribution in [0.4, 0.5) is 0 Å². The Morgan fingerprint density at radius 2 is 2.10 bits per heavy atom. The van der Waals surface area contributed by atoms with E-state index in [1.807, 2.05) is 0 Å². The minimum Gasteiger partial charge on any atom is -0.512 e. The van der Waals surface area contributed by atoms with Crippen LogP contribution in [0.2, 0.25) is 0 Å². The highest BCUT2D eigenvalue weighted by atomic mass is 15.1. The second-order valence-electron chi connectivity index (χ2n) is 3.16. The molecule has 58 valence electrons. The Morgan fingerprint density at radius 3 is 2.40 bits per heavy atom. The van der Waals surface area contributed by atoms with Crippen molar-refractivity contribution in [3.05, 3.63) is 6.57 Å². The Hall–Kier alpha value is -0.550. The van der Waals surface area contributed by atoms with E-state index >= 15 is 0 Å². The van der Waals surface area contributed by atoms with E-state index < -0.39 is 0 Å². The van der Waals surface area contributed by atoms with E-state index in [-0.39, 0.29) is 0 Å². The fourth-order valence-corrected chi connectivity index (χ4v) is 1.55. The summed E-state index contributed by atoms with van der Waals surface area (Å²) in [6.07, 6.45) is 2.89. The number of likely N-dealkylation sites (tertiary alicyclic amines) is 1. The van der Waals surface area contributed by atoms with Crippen LogP contribution >= 0.6 is 0 Å². The number of nitrogens with one attached hydrogen (secondary N) is 1. The van der Waals surface area contributed by atoms with Crippen molar-refractivity contribution in [2.75, 3.05) is 20.1 Å². The molecule has 0 radical (unpaired) electrons. The first-order chi connectivity index (χ1) is 4.79. The summed E-state index contributed by atoms with van der Waals surface area (Å²) in [4.78, 5) is 1.71. The van der Waals surface area contributed by atoms with Crippen molar-refractivity contribution in [3.8, 4) is 0 Å². The molecule has 1 aliphatic rings. The first-order valence-electron chi connectivity index (χ1n) is 3.82. The standard InChI is InChI=1S/C7H15N.CN/c1-7-4-3-5-8(2)6-7;1-2/h7H,3-6H2,1-2H3;/q;-1/p+1. The van der Waals surface area contributed by atoms with Gasteiger partial charge in [0.25, 0.3) is 0 Å². The van der Waals surface area contributed by atoms with Crippen LogP contribution in [0.1, 0.15) is 19.8 Å². The Kier molecular flexibility index (Phi) is 4.96. The van der Waals surface area contributed by atoms with E-state index in [1.54, 1.807) is 4.90 Å². The Bertz CT molecular complexity index is 90.7. The Balaban J connectivity index is 0.000000371. The van der Waals surface area contributed by atoms with Crippen molar-refractivity contribution in [1.82, 2.24) is 0 Å². The zero-order chi connectivity index (χ0) is 7.98. The van der Waals surface area contributed by atoms with Gasteiger partial charge in [0, 0.05) is 5.92 Å². The summed E-state index contributed by atoms with van der Waals surface area (Å²) in [5.41, 5.74) is 0. The summed E-state index contributed by atoms with van der Waals surface area (Å²) in [5, 5.41) is 6.25. The van der Waals surface area contributed by atoms with Gasteiger partial charge in [-0.05, 0) is 12.8 Å². The van der Waals surface area contributed by atoms with Crippen molar-refractivity contribution in [3.63, 3.8) is 0 Å². The van der Waals surface area contributed by atoms with Crippen LogP contribution in [0, 0.1) is 17.8 Å². The van der Waals surface area contributed by atoms with Gasteiger partial charge in [-0.3, -0.25) is 0 Å². The molecule has 1 fully saturated rings. The number of hydrogen-bond donors (Lipinski definition) is 1. The lowest BCUT2D eigenvalue weighted by atomic mass is 10.0. The number of piperidine rings is 1. The highest BCUT2D eigenvalue weighted by Crippen LogP contribution is 2.03. The summed E-state index contributed by atoms with van der Waals surface area (Å²) >= 11 is 0. The molecule has 2 heteroatoms. The van der Waals surface area contributed by atoms with Crippen molar-refractivity contribution < 1.29 is 4.90 Å². The molecule has 0 saturated carbocycles. The van der Waals surface area contributed by atoms with E-state index in [9.17, 15) is 0 Å². The maximum Gasteiger partial charge on any atom is 0.0794 e. The molecule has 0 aromatic heterocycles. The number of nitrogens with zero attached hydrogens (tertiary/aromatic N) is 1. The van der Waals surface area contributed by atoms with Crippen LogP contribution in [-0.2, 0) is 0 Å². The van der Waals surface area contributed by atoms with Gasteiger partial charge in [0.15, 0.2) is 0 Å². The number of hydrogen-bond acceptors (Lipinski definition) is 1. The quantitative estimate of drug-likeness (QED) is 0.472. The van der Waals surface area contributed by atoms with Crippen LogP contribution in [0.3, 0.4) is 0 Å². The van der Waals surface area contributed by atoms with E-state index in [0.717, 1.165) is 5.92 Å². The summed E-state index contributed by atoms with van der Waals surface area (Å²) in [7, 11) is 2.29. The molecule has 10 heavy (non-hydrogen) atoms. The third-order valence-electron chi connectivity index (χ3n) is 2.00. The maximum absolute atomic E-state index is 6.25. The molecule has 1 saturated heterocycles. The fraction of sp³-hybridized carbons (Fsp3) is 0.875. The van der Waals surface area contributed by atoms with E-state index in [0.29, 0.717) is 0 Å². The van der Waals surface area contributed by atoms with Gasteiger partial charge >= 0.3 is 0 Å². The lowest BCUT2D eigenvalue weighted by molar-refractivity contribution is -0.888. The fourth-order valence-electron chi connectivity index (χ4n) is 1.55. The van der Waals surface area contributed by atoms with Crippen LogP contribution in [0.15, 0.2) is 0 Å². The van der Waals surface area contributed by atoms with Crippen molar-refractivity contribution >= 4 is 0 Å². The largest absolute Gasteiger partial charge is 0.512 e. The molecule has 0 amide bonds. The summed E-state index contributed by atoms with van der Waals surface area (Å²) in [5.74, 6) is 0.976. The molecule has 0 aliphatic carbocycles. The van der Waals surface area contributed by atoms with Gasteiger partial charge in [0.2, 0.25) is 0 Å². The van der Waals surface area contributed by atoms with E-state index in [2.05, 4.69) is 14.0 Å². The first-order valence-corrected chi connectivity index (χ1v) is 3.82. The second-order valence-corrected chi connectivity index (χ2v) is 3.16. The van der Waals surface area contributed by atoms with Crippen molar-refractivity contribution in [2.45, 2.75) is 19.8 Å². The van der Waals surface area contributed by atoms with Gasteiger partial charge in [-0.15, -0.1) is 0 Å². The molecule has 1 rings (SSSR count). The molecule has 1 heterocycles. The molecular weight excluding hydrogens is 124 g/mol. The molecule has 1 N–H and O–H groups in total. The monoisotopic (exact) mass is 140 g/mol. The molecule has 2 unspecified atom stereocenters. The third-order valence-corrected chi connectivity index (χ3v) is 2.00. The van der Waals surface area contributed by atoms with Crippen LogP contribution in [0.5, 0.6) is 0 Å². The minimum atomic E-state index is 0.976. The van der Waals surface area contributed by atoms with Gasteiger partial charge < -0.3 is 16.7 Å². The summed E-state index contributed by atoms with van der Waals surface area (Å²) in [6, 6.07) is 0. The average molecular weight is 140 g/mol. The number of quaternary nitrogens is 1. The Labute approximate surface area is 63.4 Å². The lowest BCUT2D eigenvalue weighted by Gasteiger charge is -2.23. The third kappa shape index (κ3) is 3.47. The molecular formula is C8H16N2. The van der Waals surface area contributed by atoms with Crippen molar-refractivity contribution in [2.24, 2.45) is 5.92 Å². The Morgan fingerprint density at radius 1 is 1.50 bits per heavy atom. The zero-order valence-electron chi connectivity index (χ0n) is 6.85. The van der Waals surface area contributed by atoms with Crippen LogP contribution in [0.25, 0.3) is 0 Å². The number of rotatable bonds is 0. The molecule has 0 aromatic carbocycles. The SMILES string of the molecule is CC1CCC[NH+](C)C1.[C-]#N. The molecule has 0 aromatic rings. The second kappa shape index (κ2) is 5.25. The molecule has 0 spiro atoms. The predicted molar refractivity (Wildman–Crippen MR) is 40.0 cm³/mol. The molecule has 1 aliphatic heterocycles. The van der Waals surface area contributed by atoms with E-state index in [1.165, 1.54) is 25.9 Å². The average Bonchev–Trinajstić information content (AvgIpc) is 1.91. The smallest absolute Gasteiger partial charge is 0.0794 e. The lowest BCUT2D eigenvalue weighted by Crippen LogP contribution is -3.10. The van der Waals surface area contributed by atoms with E-state index in [4.69, 9.17) is 11.8 Å². The summed E-state index contributed by atoms with van der Waals surface area (Å²) in [6.45, 7) is 9.88. The zero-order valence-corrected chi connectivity index (χ0v) is 6.85. The molecule has 2 nitrogen and oxygen atoms in total. The van der Waals surface area contributed by atoms with Gasteiger partial charge in [-0.2, -0.15) is 0 Å². The van der Waals surface area contributed by atoms with Gasteiger partial charge in [-0.25, -0.2) is 0 Å². The van der Waals surface area contributed by atoms with Gasteiger partial charge in [0.1, 0.15) is 0 Å². The molecule has 0 bridgehead atoms. The highest BCUT2D eigenvalue weighted by molar-refractivity contribution is 4.53. The van der Waals surface area contributed by atoms with Crippen LogP contribution < -0.4 is 4.90 Å². The van der Waals surface area contributed by atoms with Crippen molar-refractivity contribution in [1.29, 1.82) is 5.26 Å². The van der Waals surface area contributed by atoms with Gasteiger partial charge in [-0.1, -0.05) is 6.92 Å². The predicted octanol–water partition coefficient (Wildman–Crippen LogP) is 0.0274.